The van der Waals surface area contributed by atoms with Gasteiger partial charge in [0, 0.05) is 18.7 Å². The lowest BCUT2D eigenvalue weighted by Gasteiger charge is -2.12. The molecular formula is C17H20FNO2. The van der Waals surface area contributed by atoms with Crippen molar-refractivity contribution in [2.24, 2.45) is 0 Å². The Morgan fingerprint density at radius 2 is 1.90 bits per heavy atom. The van der Waals surface area contributed by atoms with Crippen molar-refractivity contribution in [2.75, 3.05) is 13.2 Å². The van der Waals surface area contributed by atoms with Crippen LogP contribution in [0, 0.1) is 5.82 Å². The van der Waals surface area contributed by atoms with Crippen molar-refractivity contribution in [3.8, 4) is 11.5 Å². The van der Waals surface area contributed by atoms with E-state index in [1.54, 1.807) is 18.2 Å². The van der Waals surface area contributed by atoms with Crippen LogP contribution in [0.15, 0.2) is 42.5 Å². The summed E-state index contributed by atoms with van der Waals surface area (Å²) >= 11 is 0. The Labute approximate surface area is 124 Å². The molecule has 2 rings (SSSR count). The summed E-state index contributed by atoms with van der Waals surface area (Å²) in [5, 5.41) is 12.1. The SMILES string of the molecule is CCNCc1cccc(F)c1Oc1ccc(CCO)cc1. The number of rotatable bonds is 7. The molecule has 0 amide bonds. The zero-order valence-electron chi connectivity index (χ0n) is 12.1. The van der Waals surface area contributed by atoms with Crippen LogP contribution in [0.5, 0.6) is 11.5 Å². The monoisotopic (exact) mass is 289 g/mol. The average Bonchev–Trinajstić information content (AvgIpc) is 2.50. The minimum absolute atomic E-state index is 0.111. The van der Waals surface area contributed by atoms with Gasteiger partial charge in [-0.2, -0.15) is 0 Å². The molecule has 0 fully saturated rings. The van der Waals surface area contributed by atoms with Gasteiger partial charge >= 0.3 is 0 Å². The number of hydrogen-bond acceptors (Lipinski definition) is 3. The largest absolute Gasteiger partial charge is 0.454 e. The van der Waals surface area contributed by atoms with Gasteiger partial charge in [0.05, 0.1) is 0 Å². The van der Waals surface area contributed by atoms with Crippen LogP contribution in [0.3, 0.4) is 0 Å². The van der Waals surface area contributed by atoms with Crippen molar-refractivity contribution >= 4 is 0 Å². The highest BCUT2D eigenvalue weighted by Gasteiger charge is 2.10. The van der Waals surface area contributed by atoms with E-state index in [9.17, 15) is 4.39 Å². The van der Waals surface area contributed by atoms with Gasteiger partial charge in [-0.3, -0.25) is 0 Å². The molecule has 2 N–H and O–H groups in total. The molecule has 21 heavy (non-hydrogen) atoms. The fraction of sp³-hybridized carbons (Fsp3) is 0.294. The predicted octanol–water partition coefficient (Wildman–Crippen LogP) is 3.26. The molecule has 0 atom stereocenters. The number of nitrogens with one attached hydrogen (secondary N) is 1. The lowest BCUT2D eigenvalue weighted by molar-refractivity contribution is 0.299. The predicted molar refractivity (Wildman–Crippen MR) is 81.1 cm³/mol. The molecule has 0 saturated heterocycles. The van der Waals surface area contributed by atoms with E-state index < -0.39 is 0 Å². The first-order valence-electron chi connectivity index (χ1n) is 7.10. The Balaban J connectivity index is 2.17. The van der Waals surface area contributed by atoms with E-state index in [0.717, 1.165) is 17.7 Å². The van der Waals surface area contributed by atoms with Crippen LogP contribution < -0.4 is 10.1 Å². The number of hydrogen-bond donors (Lipinski definition) is 2. The van der Waals surface area contributed by atoms with E-state index in [1.165, 1.54) is 6.07 Å². The Morgan fingerprint density at radius 3 is 2.57 bits per heavy atom. The average molecular weight is 289 g/mol. The molecule has 0 aliphatic rings. The minimum atomic E-state index is -0.371. The van der Waals surface area contributed by atoms with Gasteiger partial charge in [0.2, 0.25) is 0 Å². The van der Waals surface area contributed by atoms with Crippen LogP contribution in [0.2, 0.25) is 0 Å². The van der Waals surface area contributed by atoms with Crippen molar-refractivity contribution in [1.82, 2.24) is 5.32 Å². The number of aliphatic hydroxyl groups is 1. The number of halogens is 1. The van der Waals surface area contributed by atoms with Gasteiger partial charge in [0.25, 0.3) is 0 Å². The van der Waals surface area contributed by atoms with Gasteiger partial charge in [-0.25, -0.2) is 4.39 Å². The Bertz CT molecular complexity index is 570. The molecule has 0 bridgehead atoms. The standard InChI is InChI=1S/C17H20FNO2/c1-2-19-12-14-4-3-5-16(18)17(14)21-15-8-6-13(7-9-15)10-11-20/h3-9,19-20H,2,10-12H2,1H3. The van der Waals surface area contributed by atoms with Crippen LogP contribution in [0.4, 0.5) is 4.39 Å². The van der Waals surface area contributed by atoms with E-state index in [2.05, 4.69) is 5.32 Å². The van der Waals surface area contributed by atoms with E-state index in [1.807, 2.05) is 25.1 Å². The van der Waals surface area contributed by atoms with Crippen LogP contribution in [0.1, 0.15) is 18.1 Å². The second-order valence-electron chi connectivity index (χ2n) is 4.73. The zero-order chi connectivity index (χ0) is 15.1. The van der Waals surface area contributed by atoms with Crippen LogP contribution in [-0.2, 0) is 13.0 Å². The van der Waals surface area contributed by atoms with E-state index in [-0.39, 0.29) is 18.2 Å². The van der Waals surface area contributed by atoms with Gasteiger partial charge in [0.1, 0.15) is 5.75 Å². The first-order chi connectivity index (χ1) is 10.2. The van der Waals surface area contributed by atoms with Crippen LogP contribution in [0.25, 0.3) is 0 Å². The summed E-state index contributed by atoms with van der Waals surface area (Å²) < 4.78 is 19.7. The fourth-order valence-electron chi connectivity index (χ4n) is 2.04. The maximum Gasteiger partial charge on any atom is 0.167 e. The summed E-state index contributed by atoms with van der Waals surface area (Å²) in [6, 6.07) is 12.2. The van der Waals surface area contributed by atoms with Gasteiger partial charge in [-0.05, 0) is 36.7 Å². The minimum Gasteiger partial charge on any atom is -0.454 e. The molecule has 2 aromatic carbocycles. The summed E-state index contributed by atoms with van der Waals surface area (Å²) in [6.07, 6.45) is 0.603. The molecule has 0 aliphatic heterocycles. The molecule has 3 nitrogen and oxygen atoms in total. The summed E-state index contributed by atoms with van der Waals surface area (Å²) in [4.78, 5) is 0. The van der Waals surface area contributed by atoms with E-state index in [4.69, 9.17) is 9.84 Å². The molecular weight excluding hydrogens is 269 g/mol. The Kier molecular flexibility index (Phi) is 5.72. The van der Waals surface area contributed by atoms with Crippen LogP contribution in [-0.4, -0.2) is 18.3 Å². The topological polar surface area (TPSA) is 41.5 Å². The van der Waals surface area contributed by atoms with Gasteiger partial charge in [-0.15, -0.1) is 0 Å². The second kappa shape index (κ2) is 7.76. The van der Waals surface area contributed by atoms with Gasteiger partial charge < -0.3 is 15.2 Å². The number of ether oxygens (including phenoxy) is 1. The first kappa shape index (κ1) is 15.5. The molecule has 0 aliphatic carbocycles. The maximum absolute atomic E-state index is 14.0. The maximum atomic E-state index is 14.0. The number of aliphatic hydroxyl groups excluding tert-OH is 1. The number of para-hydroxylation sites is 1. The molecule has 0 unspecified atom stereocenters. The van der Waals surface area contributed by atoms with Crippen LogP contribution >= 0.6 is 0 Å². The van der Waals surface area contributed by atoms with Gasteiger partial charge in [0.15, 0.2) is 11.6 Å². The molecule has 2 aromatic rings. The lowest BCUT2D eigenvalue weighted by atomic mass is 10.1. The Hall–Kier alpha value is -1.91. The number of benzene rings is 2. The van der Waals surface area contributed by atoms with Crippen molar-refractivity contribution in [2.45, 2.75) is 19.9 Å². The summed E-state index contributed by atoms with van der Waals surface area (Å²) in [7, 11) is 0. The molecule has 112 valence electrons. The highest BCUT2D eigenvalue weighted by molar-refractivity contribution is 5.39. The molecule has 0 spiro atoms. The van der Waals surface area contributed by atoms with Crippen molar-refractivity contribution < 1.29 is 14.2 Å². The normalized spacial score (nSPS) is 10.6. The first-order valence-corrected chi connectivity index (χ1v) is 7.10. The smallest absolute Gasteiger partial charge is 0.167 e. The molecule has 0 aromatic heterocycles. The third-order valence-electron chi connectivity index (χ3n) is 3.16. The second-order valence-corrected chi connectivity index (χ2v) is 4.73. The highest BCUT2D eigenvalue weighted by atomic mass is 19.1. The molecule has 0 saturated carbocycles. The zero-order valence-corrected chi connectivity index (χ0v) is 12.1. The third-order valence-corrected chi connectivity index (χ3v) is 3.16. The van der Waals surface area contributed by atoms with Crippen molar-refractivity contribution in [1.29, 1.82) is 0 Å². The third kappa shape index (κ3) is 4.28. The quantitative estimate of drug-likeness (QED) is 0.822. The summed E-state index contributed by atoms with van der Waals surface area (Å²) in [6.45, 7) is 3.48. The fourth-order valence-corrected chi connectivity index (χ4v) is 2.04. The summed E-state index contributed by atoms with van der Waals surface area (Å²) in [5.41, 5.74) is 1.81. The van der Waals surface area contributed by atoms with Crippen molar-refractivity contribution in [3.05, 3.63) is 59.4 Å². The highest BCUT2D eigenvalue weighted by Crippen LogP contribution is 2.28. The summed E-state index contributed by atoms with van der Waals surface area (Å²) in [5.74, 6) is 0.470. The molecule has 0 heterocycles. The molecule has 0 radical (unpaired) electrons. The van der Waals surface area contributed by atoms with E-state index >= 15 is 0 Å². The van der Waals surface area contributed by atoms with E-state index in [0.29, 0.717) is 18.7 Å². The Morgan fingerprint density at radius 1 is 1.14 bits per heavy atom. The molecule has 4 heteroatoms. The van der Waals surface area contributed by atoms with Gasteiger partial charge in [-0.1, -0.05) is 31.2 Å². The lowest BCUT2D eigenvalue weighted by Crippen LogP contribution is -2.12. The van der Waals surface area contributed by atoms with Crippen molar-refractivity contribution in [3.63, 3.8) is 0 Å².